The Bertz CT molecular complexity index is 1220. The van der Waals surface area contributed by atoms with Crippen LogP contribution in [0.3, 0.4) is 0 Å². The fourth-order valence-corrected chi connectivity index (χ4v) is 4.46. The van der Waals surface area contributed by atoms with Gasteiger partial charge in [0, 0.05) is 18.8 Å². The van der Waals surface area contributed by atoms with E-state index in [-0.39, 0.29) is 60.9 Å². The lowest BCUT2D eigenvalue weighted by Gasteiger charge is -2.16. The quantitative estimate of drug-likeness (QED) is 0.296. The van der Waals surface area contributed by atoms with Crippen molar-refractivity contribution in [2.24, 2.45) is 0 Å². The molecule has 0 spiro atoms. The average molecular weight is 517 g/mol. The third-order valence-corrected chi connectivity index (χ3v) is 6.75. The number of phenols is 1. The van der Waals surface area contributed by atoms with Gasteiger partial charge in [0.25, 0.3) is 0 Å². The molecule has 11 heteroatoms. The van der Waals surface area contributed by atoms with E-state index in [0.717, 1.165) is 23.3 Å². The van der Waals surface area contributed by atoms with Crippen molar-refractivity contribution < 1.29 is 27.9 Å². The summed E-state index contributed by atoms with van der Waals surface area (Å²) in [5.74, 6) is -0.882. The summed E-state index contributed by atoms with van der Waals surface area (Å²) in [7, 11) is -4.05. The van der Waals surface area contributed by atoms with E-state index >= 15 is 0 Å². The zero-order chi connectivity index (χ0) is 26.7. The van der Waals surface area contributed by atoms with Crippen molar-refractivity contribution in [1.29, 1.82) is 5.26 Å². The third kappa shape index (κ3) is 8.55. The van der Waals surface area contributed by atoms with Gasteiger partial charge in [-0.15, -0.1) is 0 Å². The maximum atomic E-state index is 12.7. The Hall–Kier alpha value is -3.62. The van der Waals surface area contributed by atoms with Crippen molar-refractivity contribution >= 4 is 27.6 Å². The molecule has 2 rings (SSSR count). The summed E-state index contributed by atoms with van der Waals surface area (Å²) in [6.45, 7) is 6.24. The molecule has 194 valence electrons. The van der Waals surface area contributed by atoms with Crippen molar-refractivity contribution in [3.05, 3.63) is 53.1 Å². The number of benzene rings is 2. The first-order valence-corrected chi connectivity index (χ1v) is 13.1. The number of nitrogens with zero attached hydrogens (tertiary/aromatic N) is 1. The lowest BCUT2D eigenvalue weighted by molar-refractivity contribution is -0.143. The molecular weight excluding hydrogens is 484 g/mol. The number of hydrogen-bond acceptors (Lipinski definition) is 8. The number of phenolic OH excluding ortho intramolecular Hbond substituents is 1. The summed E-state index contributed by atoms with van der Waals surface area (Å²) in [5.41, 5.74) is 2.64. The zero-order valence-corrected chi connectivity index (χ0v) is 21.4. The molecule has 10 nitrogen and oxygen atoms in total. The second-order valence-electron chi connectivity index (χ2n) is 8.27. The van der Waals surface area contributed by atoms with Crippen LogP contribution in [0.2, 0.25) is 0 Å². The molecule has 1 amide bonds. The first-order chi connectivity index (χ1) is 17.1. The van der Waals surface area contributed by atoms with Gasteiger partial charge >= 0.3 is 5.97 Å². The van der Waals surface area contributed by atoms with Crippen LogP contribution in [0, 0.1) is 11.3 Å². The maximum absolute atomic E-state index is 12.7. The molecule has 0 aliphatic carbocycles. The maximum Gasteiger partial charge on any atom is 0.307 e. The van der Waals surface area contributed by atoms with Crippen molar-refractivity contribution in [2.45, 2.75) is 44.4 Å². The van der Waals surface area contributed by atoms with Crippen LogP contribution in [-0.2, 0) is 30.8 Å². The molecule has 0 fully saturated rings. The monoisotopic (exact) mass is 516 g/mol. The number of sulfonamides is 1. The van der Waals surface area contributed by atoms with E-state index in [9.17, 15) is 23.1 Å². The molecule has 4 N–H and O–H groups in total. The van der Waals surface area contributed by atoms with Crippen LogP contribution in [0.15, 0.2) is 41.3 Å². The molecule has 2 aromatic carbocycles. The zero-order valence-electron chi connectivity index (χ0n) is 20.6. The summed E-state index contributed by atoms with van der Waals surface area (Å²) < 4.78 is 32.6. The Morgan fingerprint density at radius 1 is 1.14 bits per heavy atom. The van der Waals surface area contributed by atoms with E-state index in [2.05, 4.69) is 15.4 Å². The van der Waals surface area contributed by atoms with E-state index in [1.165, 1.54) is 6.07 Å². The second-order valence-corrected chi connectivity index (χ2v) is 10.0. The van der Waals surface area contributed by atoms with Crippen molar-refractivity contribution in [2.75, 3.05) is 31.6 Å². The van der Waals surface area contributed by atoms with Crippen molar-refractivity contribution in [3.63, 3.8) is 0 Å². The second kappa shape index (κ2) is 13.5. The minimum Gasteiger partial charge on any atom is -0.507 e. The number of ether oxygens (including phenoxy) is 1. The van der Waals surface area contributed by atoms with E-state index < -0.39 is 15.8 Å². The number of aromatic hydroxyl groups is 1. The summed E-state index contributed by atoms with van der Waals surface area (Å²) in [5, 5.41) is 24.7. The topological polar surface area (TPSA) is 158 Å². The molecule has 0 unspecified atom stereocenters. The van der Waals surface area contributed by atoms with Crippen LogP contribution in [0.1, 0.15) is 49.8 Å². The first-order valence-electron chi connectivity index (χ1n) is 11.6. The van der Waals surface area contributed by atoms with Gasteiger partial charge in [0.15, 0.2) is 0 Å². The van der Waals surface area contributed by atoms with Gasteiger partial charge in [-0.25, -0.2) is 13.1 Å². The molecule has 0 atom stereocenters. The molecular formula is C25H32N4O6S. The highest BCUT2D eigenvalue weighted by Crippen LogP contribution is 2.25. The van der Waals surface area contributed by atoms with E-state index in [0.29, 0.717) is 12.1 Å². The van der Waals surface area contributed by atoms with Gasteiger partial charge in [0.05, 0.1) is 31.2 Å². The Labute approximate surface area is 211 Å². The predicted octanol–water partition coefficient (Wildman–Crippen LogP) is 2.39. The highest BCUT2D eigenvalue weighted by atomic mass is 32.2. The van der Waals surface area contributed by atoms with Gasteiger partial charge in [-0.2, -0.15) is 5.26 Å². The predicted molar refractivity (Wildman–Crippen MR) is 135 cm³/mol. The minimum atomic E-state index is -4.05. The minimum absolute atomic E-state index is 0.0278. The van der Waals surface area contributed by atoms with Gasteiger partial charge in [-0.1, -0.05) is 26.0 Å². The fraction of sp³-hybridized carbons (Fsp3) is 0.400. The third-order valence-electron chi connectivity index (χ3n) is 5.26. The van der Waals surface area contributed by atoms with Gasteiger partial charge in [0.1, 0.15) is 10.6 Å². The number of nitriles is 1. The summed E-state index contributed by atoms with van der Waals surface area (Å²) in [6, 6.07) is 11.2. The van der Waals surface area contributed by atoms with Crippen LogP contribution in [0.5, 0.6) is 5.75 Å². The lowest BCUT2D eigenvalue weighted by atomic mass is 9.99. The van der Waals surface area contributed by atoms with Gasteiger partial charge in [0.2, 0.25) is 15.9 Å². The normalized spacial score (nSPS) is 11.1. The smallest absolute Gasteiger partial charge is 0.307 e. The Balaban J connectivity index is 2.04. The molecule has 0 aromatic heterocycles. The number of rotatable bonds is 13. The molecule has 0 heterocycles. The first kappa shape index (κ1) is 28.6. The molecule has 0 saturated heterocycles. The number of anilines is 1. The van der Waals surface area contributed by atoms with E-state index in [4.69, 9.17) is 10.00 Å². The van der Waals surface area contributed by atoms with Crippen LogP contribution in [0.4, 0.5) is 5.69 Å². The van der Waals surface area contributed by atoms with Crippen LogP contribution < -0.4 is 15.4 Å². The molecule has 0 radical (unpaired) electrons. The average Bonchev–Trinajstić information content (AvgIpc) is 2.83. The Morgan fingerprint density at radius 2 is 1.89 bits per heavy atom. The summed E-state index contributed by atoms with van der Waals surface area (Å²) >= 11 is 0. The van der Waals surface area contributed by atoms with E-state index in [1.54, 1.807) is 6.92 Å². The van der Waals surface area contributed by atoms with Crippen molar-refractivity contribution in [3.8, 4) is 11.8 Å². The number of amides is 1. The Kier molecular flexibility index (Phi) is 10.7. The molecule has 0 saturated carbocycles. The number of esters is 1. The van der Waals surface area contributed by atoms with Gasteiger partial charge in [-0.3, -0.25) is 9.59 Å². The van der Waals surface area contributed by atoms with Crippen molar-refractivity contribution in [1.82, 2.24) is 10.0 Å². The highest BCUT2D eigenvalue weighted by Gasteiger charge is 2.19. The fourth-order valence-electron chi connectivity index (χ4n) is 3.31. The molecule has 0 bridgehead atoms. The van der Waals surface area contributed by atoms with Crippen LogP contribution in [0.25, 0.3) is 0 Å². The van der Waals surface area contributed by atoms with Crippen LogP contribution in [-0.4, -0.2) is 51.6 Å². The highest BCUT2D eigenvalue weighted by molar-refractivity contribution is 7.89. The number of nitrogens with one attached hydrogen (secondary N) is 3. The number of carbonyl (C=O) groups excluding carboxylic acids is 2. The van der Waals surface area contributed by atoms with Crippen LogP contribution >= 0.6 is 0 Å². The van der Waals surface area contributed by atoms with E-state index in [1.807, 2.05) is 38.1 Å². The lowest BCUT2D eigenvalue weighted by Crippen LogP contribution is -2.32. The number of hydrogen-bond donors (Lipinski definition) is 4. The SMILES string of the molecule is CCOC(=O)CCNC(=O)CNc1cc(C(C)C)ccc1CCNS(=O)(=O)c1cc(C#N)ccc1O. The molecule has 0 aliphatic rings. The number of carbonyl (C=O) groups is 2. The summed E-state index contributed by atoms with van der Waals surface area (Å²) in [6.07, 6.45) is 0.393. The van der Waals surface area contributed by atoms with Gasteiger partial charge in [-0.05, 0) is 54.7 Å². The molecule has 0 aliphatic heterocycles. The molecule has 36 heavy (non-hydrogen) atoms. The largest absolute Gasteiger partial charge is 0.507 e. The summed E-state index contributed by atoms with van der Waals surface area (Å²) in [4.78, 5) is 23.2. The van der Waals surface area contributed by atoms with Gasteiger partial charge < -0.3 is 20.5 Å². The molecule has 2 aromatic rings. The standard InChI is InChI=1S/C25H32N4O6S/c1-4-35-25(32)10-11-27-24(31)16-28-21-14-20(17(2)3)7-6-19(21)9-12-29-36(33,34)23-13-18(15-26)5-8-22(23)30/h5-8,13-14,17,28-30H,4,9-12,16H2,1-3H3,(H,27,31). The Morgan fingerprint density at radius 3 is 2.56 bits per heavy atom.